The second-order valence-electron chi connectivity index (χ2n) is 5.64. The Bertz CT molecular complexity index is 719. The Morgan fingerprint density at radius 1 is 1.00 bits per heavy atom. The molecule has 0 saturated carbocycles. The highest BCUT2D eigenvalue weighted by Gasteiger charge is 2.06. The van der Waals surface area contributed by atoms with E-state index < -0.39 is 0 Å². The van der Waals surface area contributed by atoms with Gasteiger partial charge in [-0.3, -0.25) is 0 Å². The number of rotatable bonds is 7. The van der Waals surface area contributed by atoms with E-state index in [0.29, 0.717) is 24.6 Å². The average Bonchev–Trinajstić information content (AvgIpc) is 2.64. The molecule has 0 aliphatic carbocycles. The Morgan fingerprint density at radius 3 is 2.24 bits per heavy atom. The summed E-state index contributed by atoms with van der Waals surface area (Å²) in [5.74, 6) is 2.14. The molecule has 7 nitrogen and oxygen atoms in total. The Morgan fingerprint density at radius 2 is 1.64 bits per heavy atom. The number of hydrogen-bond acceptors (Lipinski definition) is 5. The van der Waals surface area contributed by atoms with Crippen LogP contribution in [0.2, 0.25) is 0 Å². The fourth-order valence-corrected chi connectivity index (χ4v) is 2.23. The van der Waals surface area contributed by atoms with E-state index in [9.17, 15) is 4.79 Å². The first kappa shape index (κ1) is 18.4. The number of ether oxygens (including phenoxy) is 2. The predicted octanol–water partition coefficient (Wildman–Crippen LogP) is 2.16. The molecule has 0 radical (unpaired) electrons. The van der Waals surface area contributed by atoms with Crippen molar-refractivity contribution in [3.8, 4) is 11.5 Å². The summed E-state index contributed by atoms with van der Waals surface area (Å²) in [4.78, 5) is 18.1. The van der Waals surface area contributed by atoms with Crippen LogP contribution >= 0.6 is 0 Å². The number of methoxy groups -OCH3 is 2. The Balaban J connectivity index is 1.86. The molecule has 0 aliphatic rings. The molecular weight excluding hydrogens is 320 g/mol. The van der Waals surface area contributed by atoms with Crippen LogP contribution in [0.5, 0.6) is 11.5 Å². The molecule has 25 heavy (non-hydrogen) atoms. The van der Waals surface area contributed by atoms with Gasteiger partial charge in [0.2, 0.25) is 0 Å². The van der Waals surface area contributed by atoms with Crippen LogP contribution in [0.15, 0.2) is 36.5 Å². The summed E-state index contributed by atoms with van der Waals surface area (Å²) in [6.07, 6.45) is 1.73. The van der Waals surface area contributed by atoms with Crippen LogP contribution in [0.3, 0.4) is 0 Å². The molecule has 0 atom stereocenters. The van der Waals surface area contributed by atoms with Gasteiger partial charge in [-0.05, 0) is 35.4 Å². The zero-order valence-electron chi connectivity index (χ0n) is 15.0. The molecule has 0 aliphatic heterocycles. The number of hydrogen-bond donors (Lipinski definition) is 2. The maximum Gasteiger partial charge on any atom is 0.315 e. The lowest BCUT2D eigenvalue weighted by Gasteiger charge is -2.13. The Kier molecular flexibility index (Phi) is 6.45. The lowest BCUT2D eigenvalue weighted by molar-refractivity contribution is 0.240. The molecule has 134 valence electrons. The van der Waals surface area contributed by atoms with Crippen LogP contribution in [0.1, 0.15) is 11.1 Å². The van der Waals surface area contributed by atoms with Gasteiger partial charge in [0.15, 0.2) is 11.5 Å². The summed E-state index contributed by atoms with van der Waals surface area (Å²) in [7, 11) is 7.02. The van der Waals surface area contributed by atoms with E-state index in [1.807, 2.05) is 49.3 Å². The minimum atomic E-state index is -0.238. The molecular formula is C18H24N4O3. The molecule has 1 aromatic heterocycles. The van der Waals surface area contributed by atoms with Gasteiger partial charge in [-0.1, -0.05) is 6.07 Å². The van der Waals surface area contributed by atoms with Crippen LogP contribution in [-0.4, -0.2) is 39.3 Å². The lowest BCUT2D eigenvalue weighted by atomic mass is 10.2. The van der Waals surface area contributed by atoms with Gasteiger partial charge in [0.05, 0.1) is 14.2 Å². The van der Waals surface area contributed by atoms with Crippen LogP contribution in [0.4, 0.5) is 10.6 Å². The molecule has 1 aromatic carbocycles. The van der Waals surface area contributed by atoms with Gasteiger partial charge in [-0.25, -0.2) is 9.78 Å². The highest BCUT2D eigenvalue weighted by molar-refractivity contribution is 5.73. The van der Waals surface area contributed by atoms with E-state index in [1.54, 1.807) is 20.4 Å². The van der Waals surface area contributed by atoms with Gasteiger partial charge < -0.3 is 25.0 Å². The fraction of sp³-hybridized carbons (Fsp3) is 0.333. The molecule has 2 aromatic rings. The summed E-state index contributed by atoms with van der Waals surface area (Å²) in [5.41, 5.74) is 1.91. The minimum absolute atomic E-state index is 0.238. The number of pyridine rings is 1. The first-order valence-corrected chi connectivity index (χ1v) is 7.88. The molecule has 0 spiro atoms. The SMILES string of the molecule is COc1ccc(CNC(=O)NCc2ccnc(N(C)C)c2)cc1OC. The topological polar surface area (TPSA) is 75.7 Å². The molecule has 7 heteroatoms. The third-order valence-corrected chi connectivity index (χ3v) is 3.62. The van der Waals surface area contributed by atoms with Gasteiger partial charge >= 0.3 is 6.03 Å². The quantitative estimate of drug-likeness (QED) is 0.805. The maximum atomic E-state index is 12.0. The van der Waals surface area contributed by atoms with E-state index in [0.717, 1.165) is 16.9 Å². The van der Waals surface area contributed by atoms with Gasteiger partial charge in [-0.15, -0.1) is 0 Å². The zero-order valence-corrected chi connectivity index (χ0v) is 15.0. The number of anilines is 1. The normalized spacial score (nSPS) is 10.1. The van der Waals surface area contributed by atoms with Gasteiger partial charge in [0.25, 0.3) is 0 Å². The van der Waals surface area contributed by atoms with E-state index in [2.05, 4.69) is 15.6 Å². The van der Waals surface area contributed by atoms with Gasteiger partial charge in [0, 0.05) is 33.4 Å². The monoisotopic (exact) mass is 344 g/mol. The summed E-state index contributed by atoms with van der Waals surface area (Å²) in [5, 5.41) is 5.66. The smallest absolute Gasteiger partial charge is 0.315 e. The van der Waals surface area contributed by atoms with Gasteiger partial charge in [0.1, 0.15) is 5.82 Å². The molecule has 0 bridgehead atoms. The molecule has 0 saturated heterocycles. The molecule has 2 amide bonds. The molecule has 0 fully saturated rings. The van der Waals surface area contributed by atoms with Crippen molar-refractivity contribution in [3.63, 3.8) is 0 Å². The fourth-order valence-electron chi connectivity index (χ4n) is 2.23. The lowest BCUT2D eigenvalue weighted by Crippen LogP contribution is -2.34. The van der Waals surface area contributed by atoms with Crippen molar-refractivity contribution in [3.05, 3.63) is 47.7 Å². The van der Waals surface area contributed by atoms with E-state index in [1.165, 1.54) is 0 Å². The van der Waals surface area contributed by atoms with Crippen molar-refractivity contribution >= 4 is 11.8 Å². The highest BCUT2D eigenvalue weighted by Crippen LogP contribution is 2.27. The first-order chi connectivity index (χ1) is 12.0. The van der Waals surface area contributed by atoms with Crippen LogP contribution in [-0.2, 0) is 13.1 Å². The molecule has 2 rings (SSSR count). The van der Waals surface area contributed by atoms with Crippen molar-refractivity contribution in [1.29, 1.82) is 0 Å². The Hall–Kier alpha value is -2.96. The Labute approximate surface area is 148 Å². The van der Waals surface area contributed by atoms with Crippen LogP contribution in [0.25, 0.3) is 0 Å². The second-order valence-corrected chi connectivity index (χ2v) is 5.64. The number of nitrogens with one attached hydrogen (secondary N) is 2. The number of carbonyl (C=O) groups excluding carboxylic acids is 1. The van der Waals surface area contributed by atoms with E-state index in [-0.39, 0.29) is 6.03 Å². The second kappa shape index (κ2) is 8.77. The van der Waals surface area contributed by atoms with Gasteiger partial charge in [-0.2, -0.15) is 0 Å². The zero-order chi connectivity index (χ0) is 18.2. The number of urea groups is 1. The number of aromatic nitrogens is 1. The highest BCUT2D eigenvalue weighted by atomic mass is 16.5. The van der Waals surface area contributed by atoms with Crippen molar-refractivity contribution in [2.45, 2.75) is 13.1 Å². The van der Waals surface area contributed by atoms with Crippen molar-refractivity contribution < 1.29 is 14.3 Å². The van der Waals surface area contributed by atoms with Crippen molar-refractivity contribution in [2.75, 3.05) is 33.2 Å². The van der Waals surface area contributed by atoms with Crippen LogP contribution < -0.4 is 25.0 Å². The summed E-state index contributed by atoms with van der Waals surface area (Å²) < 4.78 is 10.5. The summed E-state index contributed by atoms with van der Waals surface area (Å²) in [6.45, 7) is 0.826. The molecule has 2 N–H and O–H groups in total. The number of amides is 2. The van der Waals surface area contributed by atoms with Crippen molar-refractivity contribution in [2.24, 2.45) is 0 Å². The number of carbonyl (C=O) groups is 1. The summed E-state index contributed by atoms with van der Waals surface area (Å²) in [6, 6.07) is 9.11. The van der Waals surface area contributed by atoms with E-state index in [4.69, 9.17) is 9.47 Å². The standard InChI is InChI=1S/C18H24N4O3/c1-22(2)17-10-14(7-8-19-17)12-21-18(23)20-11-13-5-6-15(24-3)16(9-13)25-4/h5-10H,11-12H2,1-4H3,(H2,20,21,23). The summed E-state index contributed by atoms with van der Waals surface area (Å²) >= 11 is 0. The predicted molar refractivity (Wildman–Crippen MR) is 97.2 cm³/mol. The minimum Gasteiger partial charge on any atom is -0.493 e. The number of benzene rings is 1. The molecule has 1 heterocycles. The third-order valence-electron chi connectivity index (χ3n) is 3.62. The van der Waals surface area contributed by atoms with Crippen LogP contribution in [0, 0.1) is 0 Å². The van der Waals surface area contributed by atoms with E-state index >= 15 is 0 Å². The van der Waals surface area contributed by atoms with Crippen molar-refractivity contribution in [1.82, 2.24) is 15.6 Å². The first-order valence-electron chi connectivity index (χ1n) is 7.88. The maximum absolute atomic E-state index is 12.0. The third kappa shape index (κ3) is 5.27. The largest absolute Gasteiger partial charge is 0.493 e. The molecule has 0 unspecified atom stereocenters. The number of nitrogens with zero attached hydrogens (tertiary/aromatic N) is 2. The average molecular weight is 344 g/mol.